The molecule has 1 saturated heterocycles. The zero-order valence-corrected chi connectivity index (χ0v) is 8.80. The summed E-state index contributed by atoms with van der Waals surface area (Å²) in [7, 11) is 0. The van der Waals surface area contributed by atoms with E-state index in [1.807, 2.05) is 0 Å². The zero-order valence-electron chi connectivity index (χ0n) is 8.80. The van der Waals surface area contributed by atoms with Crippen molar-refractivity contribution in [2.24, 2.45) is 5.41 Å². The Balaban J connectivity index is 1.62. The van der Waals surface area contributed by atoms with Crippen molar-refractivity contribution >= 4 is 0 Å². The first-order valence-corrected chi connectivity index (χ1v) is 6.04. The predicted molar refractivity (Wildman–Crippen MR) is 54.1 cm³/mol. The fourth-order valence-electron chi connectivity index (χ4n) is 3.34. The van der Waals surface area contributed by atoms with Crippen LogP contribution in [0.15, 0.2) is 0 Å². The minimum Gasteiger partial charge on any atom is -0.393 e. The maximum absolute atomic E-state index is 9.51. The Morgan fingerprint density at radius 1 is 0.929 bits per heavy atom. The van der Waals surface area contributed by atoms with Gasteiger partial charge >= 0.3 is 0 Å². The van der Waals surface area contributed by atoms with Gasteiger partial charge in [-0.2, -0.15) is 0 Å². The normalized spacial score (nSPS) is 52.5. The molecular weight excluding hydrogens is 176 g/mol. The topological polar surface area (TPSA) is 32.8 Å². The van der Waals surface area contributed by atoms with Gasteiger partial charge in [0, 0.05) is 0 Å². The monoisotopic (exact) mass is 196 g/mol. The lowest BCUT2D eigenvalue weighted by molar-refractivity contribution is 0.0228. The SMILES string of the molecule is OC1CCC2(CC1)CCC1(CC2)CO1. The average Bonchev–Trinajstić information content (AvgIpc) is 2.97. The highest BCUT2D eigenvalue weighted by Gasteiger charge is 2.51. The van der Waals surface area contributed by atoms with E-state index >= 15 is 0 Å². The molecule has 0 aromatic rings. The molecule has 1 N–H and O–H groups in total. The third-order valence-corrected chi connectivity index (χ3v) is 4.79. The van der Waals surface area contributed by atoms with E-state index in [4.69, 9.17) is 4.74 Å². The van der Waals surface area contributed by atoms with Crippen LogP contribution in [-0.4, -0.2) is 23.4 Å². The number of rotatable bonds is 0. The number of hydrogen-bond acceptors (Lipinski definition) is 2. The molecule has 0 bridgehead atoms. The van der Waals surface area contributed by atoms with Gasteiger partial charge in [0.25, 0.3) is 0 Å². The second kappa shape index (κ2) is 2.96. The van der Waals surface area contributed by atoms with E-state index in [9.17, 15) is 5.11 Å². The van der Waals surface area contributed by atoms with Crippen LogP contribution in [0.5, 0.6) is 0 Å². The van der Waals surface area contributed by atoms with Gasteiger partial charge in [0.15, 0.2) is 0 Å². The molecule has 2 saturated carbocycles. The molecule has 2 heteroatoms. The van der Waals surface area contributed by atoms with E-state index in [1.165, 1.54) is 38.5 Å². The van der Waals surface area contributed by atoms with Gasteiger partial charge in [-0.25, -0.2) is 0 Å². The number of aliphatic hydroxyl groups excluding tert-OH is 1. The lowest BCUT2D eigenvalue weighted by Gasteiger charge is -2.43. The average molecular weight is 196 g/mol. The van der Waals surface area contributed by atoms with Crippen molar-refractivity contribution in [3.8, 4) is 0 Å². The molecule has 0 unspecified atom stereocenters. The summed E-state index contributed by atoms with van der Waals surface area (Å²) < 4.78 is 5.54. The summed E-state index contributed by atoms with van der Waals surface area (Å²) in [5.74, 6) is 0. The standard InChI is InChI=1S/C12H20O2/c13-10-1-3-11(4-2-10)5-7-12(8-6-11)9-14-12/h10,13H,1-9H2. The van der Waals surface area contributed by atoms with Crippen LogP contribution in [0, 0.1) is 5.41 Å². The maximum Gasteiger partial charge on any atom is 0.0917 e. The summed E-state index contributed by atoms with van der Waals surface area (Å²) in [6.07, 6.45) is 9.83. The van der Waals surface area contributed by atoms with Crippen LogP contribution in [0.2, 0.25) is 0 Å². The smallest absolute Gasteiger partial charge is 0.0917 e. The molecule has 3 fully saturated rings. The van der Waals surface area contributed by atoms with Crippen LogP contribution >= 0.6 is 0 Å². The van der Waals surface area contributed by atoms with Crippen LogP contribution in [0.4, 0.5) is 0 Å². The minimum atomic E-state index is -0.00585. The molecule has 1 aliphatic heterocycles. The van der Waals surface area contributed by atoms with Crippen LogP contribution in [0.3, 0.4) is 0 Å². The lowest BCUT2D eigenvalue weighted by Crippen LogP contribution is -2.36. The van der Waals surface area contributed by atoms with Gasteiger partial charge in [-0.05, 0) is 56.8 Å². The summed E-state index contributed by atoms with van der Waals surface area (Å²) >= 11 is 0. The van der Waals surface area contributed by atoms with E-state index in [0.717, 1.165) is 19.4 Å². The van der Waals surface area contributed by atoms with Crippen molar-refractivity contribution in [2.45, 2.75) is 63.1 Å². The van der Waals surface area contributed by atoms with E-state index in [0.29, 0.717) is 11.0 Å². The third-order valence-electron chi connectivity index (χ3n) is 4.79. The van der Waals surface area contributed by atoms with Crippen molar-refractivity contribution in [2.75, 3.05) is 6.61 Å². The van der Waals surface area contributed by atoms with Gasteiger partial charge in [-0.1, -0.05) is 0 Å². The van der Waals surface area contributed by atoms with Crippen molar-refractivity contribution in [3.05, 3.63) is 0 Å². The molecule has 0 aromatic heterocycles. The quantitative estimate of drug-likeness (QED) is 0.603. The summed E-state index contributed by atoms with van der Waals surface area (Å²) in [6.45, 7) is 1.02. The molecule has 2 aliphatic carbocycles. The van der Waals surface area contributed by atoms with Gasteiger partial charge in [-0.15, -0.1) is 0 Å². The highest BCUT2D eigenvalue weighted by Crippen LogP contribution is 2.54. The number of ether oxygens (including phenoxy) is 1. The molecule has 80 valence electrons. The Morgan fingerprint density at radius 2 is 1.50 bits per heavy atom. The molecule has 2 nitrogen and oxygen atoms in total. The predicted octanol–water partition coefficient (Wildman–Crippen LogP) is 2.25. The van der Waals surface area contributed by atoms with Gasteiger partial charge in [0.1, 0.15) is 0 Å². The number of aliphatic hydroxyl groups is 1. The molecule has 3 rings (SSSR count). The summed E-state index contributed by atoms with van der Waals surface area (Å²) in [6, 6.07) is 0. The molecule has 14 heavy (non-hydrogen) atoms. The molecule has 0 aromatic carbocycles. The zero-order chi connectivity index (χ0) is 9.65. The van der Waals surface area contributed by atoms with E-state index in [-0.39, 0.29) is 6.10 Å². The van der Waals surface area contributed by atoms with Crippen molar-refractivity contribution in [1.82, 2.24) is 0 Å². The van der Waals surface area contributed by atoms with Crippen molar-refractivity contribution in [3.63, 3.8) is 0 Å². The van der Waals surface area contributed by atoms with Gasteiger partial charge < -0.3 is 9.84 Å². The Hall–Kier alpha value is -0.0800. The Morgan fingerprint density at radius 3 is 2.00 bits per heavy atom. The van der Waals surface area contributed by atoms with Crippen molar-refractivity contribution < 1.29 is 9.84 Å². The number of epoxide rings is 1. The van der Waals surface area contributed by atoms with Gasteiger partial charge in [0.2, 0.25) is 0 Å². The molecular formula is C12H20O2. The maximum atomic E-state index is 9.51. The van der Waals surface area contributed by atoms with Gasteiger partial charge in [-0.3, -0.25) is 0 Å². The Labute approximate surface area is 85.6 Å². The first-order valence-electron chi connectivity index (χ1n) is 6.04. The van der Waals surface area contributed by atoms with Gasteiger partial charge in [0.05, 0.1) is 18.3 Å². The van der Waals surface area contributed by atoms with Crippen LogP contribution in [0.1, 0.15) is 51.4 Å². The van der Waals surface area contributed by atoms with Crippen LogP contribution < -0.4 is 0 Å². The van der Waals surface area contributed by atoms with E-state index in [1.54, 1.807) is 0 Å². The summed E-state index contributed by atoms with van der Waals surface area (Å²) in [5.41, 5.74) is 0.928. The highest BCUT2D eigenvalue weighted by atomic mass is 16.6. The molecule has 0 amide bonds. The second-order valence-corrected chi connectivity index (χ2v) is 5.70. The molecule has 3 aliphatic rings. The van der Waals surface area contributed by atoms with Crippen LogP contribution in [-0.2, 0) is 4.74 Å². The molecule has 2 spiro atoms. The third kappa shape index (κ3) is 1.49. The fourth-order valence-corrected chi connectivity index (χ4v) is 3.34. The summed E-state index contributed by atoms with van der Waals surface area (Å²) in [5, 5.41) is 9.51. The first-order chi connectivity index (χ1) is 6.72. The number of hydrogen-bond donors (Lipinski definition) is 1. The highest BCUT2D eigenvalue weighted by molar-refractivity contribution is 5.01. The largest absolute Gasteiger partial charge is 0.393 e. The Kier molecular flexibility index (Phi) is 1.94. The first kappa shape index (κ1) is 9.17. The van der Waals surface area contributed by atoms with Crippen molar-refractivity contribution in [1.29, 1.82) is 0 Å². The molecule has 0 radical (unpaired) electrons. The second-order valence-electron chi connectivity index (χ2n) is 5.70. The van der Waals surface area contributed by atoms with E-state index in [2.05, 4.69) is 0 Å². The fraction of sp³-hybridized carbons (Fsp3) is 1.00. The summed E-state index contributed by atoms with van der Waals surface area (Å²) in [4.78, 5) is 0. The van der Waals surface area contributed by atoms with Crippen LogP contribution in [0.25, 0.3) is 0 Å². The molecule has 1 heterocycles. The minimum absolute atomic E-state index is 0.00585. The molecule has 0 atom stereocenters. The lowest BCUT2D eigenvalue weighted by atomic mass is 9.63. The Bertz CT molecular complexity index is 212. The van der Waals surface area contributed by atoms with E-state index < -0.39 is 0 Å².